The predicted octanol–water partition coefficient (Wildman–Crippen LogP) is 11.5. The van der Waals surface area contributed by atoms with E-state index in [0.29, 0.717) is 0 Å². The molecule has 3 heterocycles. The first kappa shape index (κ1) is 32.4. The van der Waals surface area contributed by atoms with Gasteiger partial charge in [-0.1, -0.05) is 124 Å². The number of aromatic nitrogens is 2. The summed E-state index contributed by atoms with van der Waals surface area (Å²) in [7, 11) is -1.50. The van der Waals surface area contributed by atoms with E-state index in [9.17, 15) is 0 Å². The number of hydrogen-bond donors (Lipinski definition) is 0. The van der Waals surface area contributed by atoms with E-state index in [1.807, 2.05) is 101 Å². The minimum Gasteiger partial charge on any atom is -0.501 e. The summed E-state index contributed by atoms with van der Waals surface area (Å²) in [6.45, 7) is 14.6. The van der Waals surface area contributed by atoms with Crippen molar-refractivity contribution < 1.29 is 27.3 Å². The monoisotopic (exact) mass is 825 g/mol. The molecule has 0 atom stereocenters. The molecule has 0 aliphatic carbocycles. The summed E-state index contributed by atoms with van der Waals surface area (Å²) in [4.78, 5) is 9.14. The molecule has 4 aromatic carbocycles. The minimum absolute atomic E-state index is 0. The summed E-state index contributed by atoms with van der Waals surface area (Å²) < 4.78 is 23.1. The van der Waals surface area contributed by atoms with E-state index < -0.39 is 19.9 Å². The summed E-state index contributed by atoms with van der Waals surface area (Å²) in [5, 5.41) is 3.40. The number of hydrogen-bond acceptors (Lipinski definition) is 3. The Balaban J connectivity index is 0.000000204. The second-order valence-electron chi connectivity index (χ2n) is 13.3. The first-order valence-corrected chi connectivity index (χ1v) is 19.6. The van der Waals surface area contributed by atoms with E-state index in [0.717, 1.165) is 66.7 Å². The molecule has 0 aliphatic rings. The number of nitrogens with zero attached hydrogens (tertiary/aromatic N) is 2. The Kier molecular flexibility index (Phi) is 10.1. The summed E-state index contributed by atoms with van der Waals surface area (Å²) in [6, 6.07) is 40.9. The Bertz CT molecular complexity index is 2230. The predicted molar refractivity (Wildman–Crippen MR) is 201 cm³/mol. The van der Waals surface area contributed by atoms with Gasteiger partial charge >= 0.3 is 0 Å². The van der Waals surface area contributed by atoms with Crippen LogP contribution in [0.4, 0.5) is 0 Å². The van der Waals surface area contributed by atoms with Gasteiger partial charge in [-0.3, -0.25) is 0 Å². The standard InChI is InChI=1S/C26H20NO.C17H22NSi.Ir/c1-17(2)19-13-14-27-24(15-19)23-10-6-9-22-21-12-11-20(16-25(21)28-26(22)23)18-7-4-3-5-8-18;1-13(2)15-11-16(14-9-7-6-8-10-14)18-12-17(15)19(3,4)5;/h3-9,11-17H,1-2H3;6-9,11-13H,1-5H3;/q2*-1;/i17D;13D;. The fourth-order valence-corrected chi connectivity index (χ4v) is 7.37. The van der Waals surface area contributed by atoms with E-state index in [2.05, 4.69) is 78.1 Å². The van der Waals surface area contributed by atoms with Gasteiger partial charge in [0.2, 0.25) is 0 Å². The van der Waals surface area contributed by atoms with Crippen LogP contribution in [0.15, 0.2) is 120 Å². The van der Waals surface area contributed by atoms with Crippen molar-refractivity contribution in [3.63, 3.8) is 0 Å². The van der Waals surface area contributed by atoms with Gasteiger partial charge in [0.25, 0.3) is 0 Å². The van der Waals surface area contributed by atoms with Crippen molar-refractivity contribution in [2.75, 3.05) is 0 Å². The molecule has 7 rings (SSSR count). The van der Waals surface area contributed by atoms with Crippen molar-refractivity contribution in [3.05, 3.63) is 139 Å². The van der Waals surface area contributed by atoms with E-state index >= 15 is 0 Å². The quantitative estimate of drug-likeness (QED) is 0.124. The minimum atomic E-state index is -1.50. The van der Waals surface area contributed by atoms with Gasteiger partial charge in [-0.05, 0) is 51.6 Å². The van der Waals surface area contributed by atoms with Crippen LogP contribution in [0.5, 0.6) is 0 Å². The first-order chi connectivity index (χ1) is 23.2. The molecule has 0 amide bonds. The summed E-state index contributed by atoms with van der Waals surface area (Å²) >= 11 is 0. The summed E-state index contributed by atoms with van der Waals surface area (Å²) in [5.74, 6) is -1.30. The zero-order chi connectivity index (χ0) is 35.0. The smallest absolute Gasteiger partial charge is 0.121 e. The van der Waals surface area contributed by atoms with Crippen molar-refractivity contribution in [2.24, 2.45) is 0 Å². The molecule has 5 heteroatoms. The molecular weight excluding hydrogens is 781 g/mol. The molecule has 1 radical (unpaired) electrons. The molecule has 0 saturated carbocycles. The maximum Gasteiger partial charge on any atom is 0.121 e. The zero-order valence-electron chi connectivity index (χ0n) is 30.6. The van der Waals surface area contributed by atoms with Gasteiger partial charge in [-0.15, -0.1) is 54.1 Å². The van der Waals surface area contributed by atoms with Crippen molar-refractivity contribution in [1.29, 1.82) is 0 Å². The number of pyridine rings is 2. The molecule has 0 N–H and O–H groups in total. The number of rotatable bonds is 6. The SMILES string of the molecule is [2H]C(C)(C)c1cc(-c2[c-]cccc2)ncc1[Si](C)(C)C.[2H]C(C)(C)c1ccnc(-c2[c-]ccc3c2oc2cc(-c4ccccc4)ccc23)c1.[Ir]. The molecule has 3 aromatic heterocycles. The van der Waals surface area contributed by atoms with Crippen molar-refractivity contribution in [2.45, 2.75) is 59.1 Å². The van der Waals surface area contributed by atoms with Crippen molar-refractivity contribution in [3.8, 4) is 33.6 Å². The fraction of sp³-hybridized carbons (Fsp3) is 0.209. The topological polar surface area (TPSA) is 38.9 Å². The Morgan fingerprint density at radius 1 is 0.708 bits per heavy atom. The molecule has 7 aromatic rings. The van der Waals surface area contributed by atoms with E-state index in [1.165, 1.54) is 5.19 Å². The molecule has 0 saturated heterocycles. The Morgan fingerprint density at radius 2 is 1.48 bits per heavy atom. The van der Waals surface area contributed by atoms with Crippen molar-refractivity contribution in [1.82, 2.24) is 9.97 Å². The van der Waals surface area contributed by atoms with Gasteiger partial charge < -0.3 is 14.4 Å². The van der Waals surface area contributed by atoms with Crippen LogP contribution in [0, 0.1) is 12.1 Å². The Labute approximate surface area is 302 Å². The second-order valence-corrected chi connectivity index (χ2v) is 18.4. The number of fused-ring (bicyclic) bond motifs is 3. The zero-order valence-corrected chi connectivity index (χ0v) is 32.0. The average Bonchev–Trinajstić information content (AvgIpc) is 3.46. The van der Waals surface area contributed by atoms with Crippen LogP contribution in [0.1, 0.15) is 53.4 Å². The largest absolute Gasteiger partial charge is 0.501 e. The van der Waals surface area contributed by atoms with Crippen LogP contribution in [-0.2, 0) is 20.1 Å². The van der Waals surface area contributed by atoms with Crippen LogP contribution in [0.2, 0.25) is 19.6 Å². The molecular formula is C43H42IrN2OSi-2. The van der Waals surface area contributed by atoms with Gasteiger partial charge in [0.1, 0.15) is 5.58 Å². The summed E-state index contributed by atoms with van der Waals surface area (Å²) in [6.07, 6.45) is 3.73. The van der Waals surface area contributed by atoms with Crippen LogP contribution >= 0.6 is 0 Å². The van der Waals surface area contributed by atoms with E-state index in [4.69, 9.17) is 7.16 Å². The third-order valence-corrected chi connectivity index (χ3v) is 10.4. The fourth-order valence-electron chi connectivity index (χ4n) is 5.79. The molecule has 0 unspecified atom stereocenters. The molecule has 48 heavy (non-hydrogen) atoms. The first-order valence-electron chi connectivity index (χ1n) is 17.1. The van der Waals surface area contributed by atoms with Crippen LogP contribution in [0.25, 0.3) is 55.6 Å². The van der Waals surface area contributed by atoms with Crippen LogP contribution in [-0.4, -0.2) is 18.0 Å². The molecule has 0 spiro atoms. The molecule has 3 nitrogen and oxygen atoms in total. The van der Waals surface area contributed by atoms with Crippen LogP contribution in [0.3, 0.4) is 0 Å². The van der Waals surface area contributed by atoms with E-state index in [1.54, 1.807) is 6.20 Å². The normalized spacial score (nSPS) is 12.5. The van der Waals surface area contributed by atoms with Gasteiger partial charge in [-0.25, -0.2) is 0 Å². The van der Waals surface area contributed by atoms with Gasteiger partial charge in [-0.2, -0.15) is 0 Å². The van der Waals surface area contributed by atoms with Crippen LogP contribution < -0.4 is 5.19 Å². The molecule has 0 aliphatic heterocycles. The maximum atomic E-state index is 8.44. The molecule has 245 valence electrons. The second kappa shape index (κ2) is 14.9. The average molecular weight is 825 g/mol. The number of benzene rings is 4. The summed E-state index contributed by atoms with van der Waals surface area (Å²) in [5.41, 5.74) is 9.41. The Hall–Kier alpha value is -4.15. The van der Waals surface area contributed by atoms with E-state index in [-0.39, 0.29) is 20.1 Å². The maximum absolute atomic E-state index is 8.44. The Morgan fingerprint density at radius 3 is 2.17 bits per heavy atom. The third-order valence-electron chi connectivity index (χ3n) is 8.37. The third kappa shape index (κ3) is 7.60. The number of furan rings is 1. The molecule has 0 fully saturated rings. The van der Waals surface area contributed by atoms with Gasteiger partial charge in [0.15, 0.2) is 0 Å². The van der Waals surface area contributed by atoms with Gasteiger partial charge in [0, 0.05) is 40.6 Å². The van der Waals surface area contributed by atoms with Crippen molar-refractivity contribution >= 4 is 35.2 Å². The molecule has 0 bridgehead atoms. The van der Waals surface area contributed by atoms with Gasteiger partial charge in [0.05, 0.1) is 13.7 Å².